The smallest absolute Gasteiger partial charge is 0.267 e. The van der Waals surface area contributed by atoms with Gasteiger partial charge < -0.3 is 10.1 Å². The average Bonchev–Trinajstić information content (AvgIpc) is 2.28. The molecule has 0 saturated heterocycles. The second-order valence-electron chi connectivity index (χ2n) is 3.18. The summed E-state index contributed by atoms with van der Waals surface area (Å²) in [6.07, 6.45) is -2.66. The number of hydrogen-bond acceptors (Lipinski definition) is 3. The average molecular weight is 229 g/mol. The lowest BCUT2D eigenvalue weighted by Crippen LogP contribution is -2.19. The normalized spacial score (nSPS) is 10.6. The number of benzene rings is 1. The van der Waals surface area contributed by atoms with Crippen molar-refractivity contribution >= 4 is 5.78 Å². The molecule has 88 valence electrons. The van der Waals surface area contributed by atoms with Crippen LogP contribution in [0.15, 0.2) is 18.2 Å². The fourth-order valence-corrected chi connectivity index (χ4v) is 1.43. The zero-order valence-corrected chi connectivity index (χ0v) is 9.09. The van der Waals surface area contributed by atoms with E-state index in [0.717, 1.165) is 0 Å². The van der Waals surface area contributed by atoms with Crippen molar-refractivity contribution in [1.29, 1.82) is 0 Å². The van der Waals surface area contributed by atoms with Crippen LogP contribution in [-0.2, 0) is 0 Å². The lowest BCUT2D eigenvalue weighted by Gasteiger charge is -2.12. The highest BCUT2D eigenvalue weighted by atomic mass is 19.3. The molecule has 0 heterocycles. The third-order valence-corrected chi connectivity index (χ3v) is 2.12. The van der Waals surface area contributed by atoms with Gasteiger partial charge in [0, 0.05) is 0 Å². The van der Waals surface area contributed by atoms with Gasteiger partial charge in [-0.25, -0.2) is 8.78 Å². The van der Waals surface area contributed by atoms with Gasteiger partial charge in [0.25, 0.3) is 6.43 Å². The van der Waals surface area contributed by atoms with E-state index in [1.807, 2.05) is 0 Å². The number of methoxy groups -OCH3 is 1. The maximum atomic E-state index is 12.6. The SMILES string of the molecule is CNCC(=O)c1cccc(C(F)F)c1OC. The molecule has 0 spiro atoms. The van der Waals surface area contributed by atoms with Crippen molar-refractivity contribution in [2.75, 3.05) is 20.7 Å². The molecule has 0 atom stereocenters. The molecule has 0 aliphatic carbocycles. The predicted molar refractivity (Wildman–Crippen MR) is 56.2 cm³/mol. The first-order valence-electron chi connectivity index (χ1n) is 4.74. The number of ketones is 1. The Bertz CT molecular complexity index is 380. The monoisotopic (exact) mass is 229 g/mol. The minimum Gasteiger partial charge on any atom is -0.495 e. The molecule has 0 amide bonds. The Balaban J connectivity index is 3.18. The number of ether oxygens (including phenoxy) is 1. The number of likely N-dealkylation sites (N-methyl/N-ethyl adjacent to an activating group) is 1. The van der Waals surface area contributed by atoms with Crippen molar-refractivity contribution in [3.8, 4) is 5.75 Å². The van der Waals surface area contributed by atoms with Crippen LogP contribution in [0.25, 0.3) is 0 Å². The standard InChI is InChI=1S/C11H13F2NO2/c1-14-6-9(15)7-4-3-5-8(11(12)13)10(7)16-2/h3-5,11,14H,6H2,1-2H3. The highest BCUT2D eigenvalue weighted by molar-refractivity contribution is 6.00. The van der Waals surface area contributed by atoms with Gasteiger partial charge in [-0.1, -0.05) is 6.07 Å². The molecule has 16 heavy (non-hydrogen) atoms. The highest BCUT2D eigenvalue weighted by Crippen LogP contribution is 2.31. The number of hydrogen-bond donors (Lipinski definition) is 1. The predicted octanol–water partition coefficient (Wildman–Crippen LogP) is 2.03. The van der Waals surface area contributed by atoms with Crippen LogP contribution in [0.3, 0.4) is 0 Å². The van der Waals surface area contributed by atoms with Gasteiger partial charge in [-0.15, -0.1) is 0 Å². The molecule has 0 saturated carbocycles. The molecular formula is C11H13F2NO2. The fraction of sp³-hybridized carbons (Fsp3) is 0.364. The Labute approximate surface area is 92.4 Å². The summed E-state index contributed by atoms with van der Waals surface area (Å²) in [5.41, 5.74) is -0.0842. The Kier molecular flexibility index (Phi) is 4.37. The quantitative estimate of drug-likeness (QED) is 0.785. The molecule has 5 heteroatoms. The first-order chi connectivity index (χ1) is 7.61. The van der Waals surface area contributed by atoms with Crippen LogP contribution < -0.4 is 10.1 Å². The van der Waals surface area contributed by atoms with Gasteiger partial charge in [-0.05, 0) is 19.2 Å². The van der Waals surface area contributed by atoms with Crippen LogP contribution in [-0.4, -0.2) is 26.5 Å². The minimum absolute atomic E-state index is 0.0437. The number of nitrogens with one attached hydrogen (secondary N) is 1. The van der Waals surface area contributed by atoms with Gasteiger partial charge in [-0.3, -0.25) is 4.79 Å². The van der Waals surface area contributed by atoms with Crippen molar-refractivity contribution in [2.24, 2.45) is 0 Å². The van der Waals surface area contributed by atoms with E-state index in [1.54, 1.807) is 7.05 Å². The first kappa shape index (κ1) is 12.6. The Morgan fingerprint density at radius 1 is 1.50 bits per heavy atom. The molecule has 1 aromatic rings. The summed E-state index contributed by atoms with van der Waals surface area (Å²) in [4.78, 5) is 11.6. The minimum atomic E-state index is -2.66. The van der Waals surface area contributed by atoms with Crippen LogP contribution >= 0.6 is 0 Å². The van der Waals surface area contributed by atoms with E-state index in [-0.39, 0.29) is 29.2 Å². The zero-order chi connectivity index (χ0) is 12.1. The number of carbonyl (C=O) groups is 1. The van der Waals surface area contributed by atoms with Crippen molar-refractivity contribution in [1.82, 2.24) is 5.32 Å². The van der Waals surface area contributed by atoms with Crippen LogP contribution in [0.5, 0.6) is 5.75 Å². The second-order valence-corrected chi connectivity index (χ2v) is 3.18. The van der Waals surface area contributed by atoms with Crippen molar-refractivity contribution in [3.63, 3.8) is 0 Å². The van der Waals surface area contributed by atoms with E-state index >= 15 is 0 Å². The number of alkyl halides is 2. The molecule has 0 radical (unpaired) electrons. The molecule has 1 aromatic carbocycles. The first-order valence-corrected chi connectivity index (χ1v) is 4.74. The highest BCUT2D eigenvalue weighted by Gasteiger charge is 2.19. The van der Waals surface area contributed by atoms with Crippen LogP contribution in [0, 0.1) is 0 Å². The van der Waals surface area contributed by atoms with Gasteiger partial charge in [-0.2, -0.15) is 0 Å². The number of Topliss-reactive ketones (excluding diaryl/α,β-unsaturated/α-hetero) is 1. The van der Waals surface area contributed by atoms with Gasteiger partial charge in [0.2, 0.25) is 0 Å². The summed E-state index contributed by atoms with van der Waals surface area (Å²) in [5, 5.41) is 2.67. The van der Waals surface area contributed by atoms with E-state index in [4.69, 9.17) is 4.74 Å². The summed E-state index contributed by atoms with van der Waals surface area (Å²) in [5.74, 6) is -0.320. The van der Waals surface area contributed by atoms with Gasteiger partial charge >= 0.3 is 0 Å². The Hall–Kier alpha value is -1.49. The van der Waals surface area contributed by atoms with Crippen molar-refractivity contribution in [2.45, 2.75) is 6.43 Å². The Morgan fingerprint density at radius 2 is 2.19 bits per heavy atom. The zero-order valence-electron chi connectivity index (χ0n) is 9.09. The van der Waals surface area contributed by atoms with E-state index in [0.29, 0.717) is 0 Å². The number of halogens is 2. The number of carbonyl (C=O) groups excluding carboxylic acids is 1. The molecule has 0 unspecified atom stereocenters. The summed E-state index contributed by atoms with van der Waals surface area (Å²) >= 11 is 0. The van der Waals surface area contributed by atoms with Crippen molar-refractivity contribution < 1.29 is 18.3 Å². The molecule has 1 rings (SSSR count). The molecule has 0 fully saturated rings. The lowest BCUT2D eigenvalue weighted by atomic mass is 10.1. The third-order valence-electron chi connectivity index (χ3n) is 2.12. The largest absolute Gasteiger partial charge is 0.495 e. The van der Waals surface area contributed by atoms with E-state index in [2.05, 4.69) is 5.32 Å². The molecule has 3 nitrogen and oxygen atoms in total. The molecule has 0 aromatic heterocycles. The number of para-hydroxylation sites is 1. The maximum absolute atomic E-state index is 12.6. The van der Waals surface area contributed by atoms with Gasteiger partial charge in [0.05, 0.1) is 24.8 Å². The summed E-state index contributed by atoms with van der Waals surface area (Å²) in [6.45, 7) is 0.0864. The van der Waals surface area contributed by atoms with Crippen LogP contribution in [0.1, 0.15) is 22.3 Å². The van der Waals surface area contributed by atoms with Crippen LogP contribution in [0.2, 0.25) is 0 Å². The van der Waals surface area contributed by atoms with Crippen molar-refractivity contribution in [3.05, 3.63) is 29.3 Å². The van der Waals surface area contributed by atoms with E-state index < -0.39 is 6.43 Å². The topological polar surface area (TPSA) is 38.3 Å². The molecule has 0 bridgehead atoms. The van der Waals surface area contributed by atoms with Crippen LogP contribution in [0.4, 0.5) is 8.78 Å². The van der Waals surface area contributed by atoms with E-state index in [1.165, 1.54) is 25.3 Å². The van der Waals surface area contributed by atoms with E-state index in [9.17, 15) is 13.6 Å². The van der Waals surface area contributed by atoms with Gasteiger partial charge in [0.15, 0.2) is 5.78 Å². The molecular weight excluding hydrogens is 216 g/mol. The second kappa shape index (κ2) is 5.55. The lowest BCUT2D eigenvalue weighted by molar-refractivity contribution is 0.0989. The molecule has 0 aliphatic heterocycles. The molecule has 0 aliphatic rings. The number of rotatable bonds is 5. The van der Waals surface area contributed by atoms with Gasteiger partial charge in [0.1, 0.15) is 5.75 Å². The Morgan fingerprint density at radius 3 is 2.69 bits per heavy atom. The third kappa shape index (κ3) is 2.55. The maximum Gasteiger partial charge on any atom is 0.267 e. The summed E-state index contributed by atoms with van der Waals surface area (Å²) in [7, 11) is 2.89. The molecule has 1 N–H and O–H groups in total. The fourth-order valence-electron chi connectivity index (χ4n) is 1.43. The summed E-state index contributed by atoms with van der Waals surface area (Å²) < 4.78 is 30.2. The summed E-state index contributed by atoms with van der Waals surface area (Å²) in [6, 6.07) is 4.15.